The number of ether oxygens (including phenoxy) is 1. The first-order chi connectivity index (χ1) is 12.3. The van der Waals surface area contributed by atoms with Crippen LogP contribution in [-0.4, -0.2) is 29.7 Å². The molecule has 3 nitrogen and oxygen atoms in total. The monoisotopic (exact) mass is 371 g/mol. The Bertz CT molecular complexity index is 754. The summed E-state index contributed by atoms with van der Waals surface area (Å²) in [5, 5.41) is 0.726. The van der Waals surface area contributed by atoms with Crippen LogP contribution in [0.5, 0.6) is 0 Å². The van der Waals surface area contributed by atoms with Gasteiger partial charge in [0.05, 0.1) is 0 Å². The van der Waals surface area contributed by atoms with E-state index in [-0.39, 0.29) is 12.0 Å². The molecule has 0 spiro atoms. The zero-order chi connectivity index (χ0) is 18.7. The molecule has 1 fully saturated rings. The Morgan fingerprint density at radius 2 is 1.73 bits per heavy atom. The van der Waals surface area contributed by atoms with Gasteiger partial charge in [0.25, 0.3) is 0 Å². The molecule has 1 aliphatic heterocycles. The van der Waals surface area contributed by atoms with Crippen molar-refractivity contribution in [1.82, 2.24) is 4.90 Å². The van der Waals surface area contributed by atoms with Crippen molar-refractivity contribution in [2.24, 2.45) is 0 Å². The molecule has 1 amide bonds. The van der Waals surface area contributed by atoms with E-state index in [2.05, 4.69) is 30.3 Å². The van der Waals surface area contributed by atoms with Gasteiger partial charge < -0.3 is 9.64 Å². The minimum Gasteiger partial charge on any atom is -0.444 e. The van der Waals surface area contributed by atoms with E-state index in [1.54, 1.807) is 0 Å². The molecule has 0 N–H and O–H groups in total. The van der Waals surface area contributed by atoms with Gasteiger partial charge in [-0.25, -0.2) is 4.79 Å². The molecular formula is C22H26ClNO2. The standard InChI is InChI=1S/C22H26ClNO2/c1-22(2,3)26-21(25)24-13-12-19(16-8-5-4-6-9-16)20(15-24)17-10-7-11-18(23)14-17/h4-11,14,19-20H,12-13,15H2,1-3H3/t19-,20-/m0/s1. The van der Waals surface area contributed by atoms with Gasteiger partial charge in [-0.15, -0.1) is 0 Å². The average Bonchev–Trinajstić information content (AvgIpc) is 2.60. The molecular weight excluding hydrogens is 346 g/mol. The van der Waals surface area contributed by atoms with Crippen molar-refractivity contribution in [2.45, 2.75) is 44.6 Å². The number of benzene rings is 2. The van der Waals surface area contributed by atoms with Crippen LogP contribution in [0.2, 0.25) is 5.02 Å². The zero-order valence-electron chi connectivity index (χ0n) is 15.6. The van der Waals surface area contributed by atoms with Gasteiger partial charge in [-0.3, -0.25) is 0 Å². The molecule has 2 aromatic carbocycles. The van der Waals surface area contributed by atoms with E-state index in [1.807, 2.05) is 49.9 Å². The molecule has 1 heterocycles. The van der Waals surface area contributed by atoms with Crippen molar-refractivity contribution in [3.63, 3.8) is 0 Å². The maximum atomic E-state index is 12.6. The maximum absolute atomic E-state index is 12.6. The molecule has 26 heavy (non-hydrogen) atoms. The van der Waals surface area contributed by atoms with Crippen LogP contribution >= 0.6 is 11.6 Å². The second kappa shape index (κ2) is 7.71. The molecule has 2 atom stereocenters. The smallest absolute Gasteiger partial charge is 0.410 e. The van der Waals surface area contributed by atoms with Crippen LogP contribution in [-0.2, 0) is 4.74 Å². The van der Waals surface area contributed by atoms with E-state index in [4.69, 9.17) is 16.3 Å². The fraction of sp³-hybridized carbons (Fsp3) is 0.409. The molecule has 1 saturated heterocycles. The lowest BCUT2D eigenvalue weighted by atomic mass is 9.77. The first-order valence-corrected chi connectivity index (χ1v) is 9.49. The van der Waals surface area contributed by atoms with Crippen molar-refractivity contribution in [2.75, 3.05) is 13.1 Å². The molecule has 0 aliphatic carbocycles. The second-order valence-electron chi connectivity index (χ2n) is 7.89. The highest BCUT2D eigenvalue weighted by Crippen LogP contribution is 2.40. The summed E-state index contributed by atoms with van der Waals surface area (Å²) in [6, 6.07) is 18.5. The van der Waals surface area contributed by atoms with E-state index < -0.39 is 5.60 Å². The van der Waals surface area contributed by atoms with Gasteiger partial charge in [-0.2, -0.15) is 0 Å². The number of carbonyl (C=O) groups is 1. The van der Waals surface area contributed by atoms with Gasteiger partial charge in [0.1, 0.15) is 5.60 Å². The van der Waals surface area contributed by atoms with Crippen LogP contribution in [0.1, 0.15) is 50.2 Å². The Kier molecular flexibility index (Phi) is 5.57. The van der Waals surface area contributed by atoms with E-state index >= 15 is 0 Å². The SMILES string of the molecule is CC(C)(C)OC(=O)N1CC[C@@H](c2ccccc2)[C@H](c2cccc(Cl)c2)C1. The van der Waals surface area contributed by atoms with E-state index in [0.29, 0.717) is 19.0 Å². The quantitative estimate of drug-likeness (QED) is 0.662. The summed E-state index contributed by atoms with van der Waals surface area (Å²) >= 11 is 6.24. The second-order valence-corrected chi connectivity index (χ2v) is 8.33. The number of likely N-dealkylation sites (tertiary alicyclic amines) is 1. The van der Waals surface area contributed by atoms with E-state index in [1.165, 1.54) is 11.1 Å². The molecule has 0 bridgehead atoms. The van der Waals surface area contributed by atoms with Gasteiger partial charge in [-0.1, -0.05) is 54.1 Å². The van der Waals surface area contributed by atoms with E-state index in [0.717, 1.165) is 11.4 Å². The van der Waals surface area contributed by atoms with Gasteiger partial charge in [0.2, 0.25) is 0 Å². The summed E-state index contributed by atoms with van der Waals surface area (Å²) in [7, 11) is 0. The predicted molar refractivity (Wildman–Crippen MR) is 106 cm³/mol. The lowest BCUT2D eigenvalue weighted by Gasteiger charge is -2.39. The van der Waals surface area contributed by atoms with E-state index in [9.17, 15) is 4.79 Å². The summed E-state index contributed by atoms with van der Waals surface area (Å²) in [6.07, 6.45) is 0.663. The number of hydrogen-bond donors (Lipinski definition) is 0. The number of carbonyl (C=O) groups excluding carboxylic acids is 1. The average molecular weight is 372 g/mol. The summed E-state index contributed by atoms with van der Waals surface area (Å²) < 4.78 is 5.59. The topological polar surface area (TPSA) is 29.5 Å². The van der Waals surface area contributed by atoms with Crippen LogP contribution in [0.25, 0.3) is 0 Å². The molecule has 0 saturated carbocycles. The van der Waals surface area contributed by atoms with Gasteiger partial charge >= 0.3 is 6.09 Å². The summed E-state index contributed by atoms with van der Waals surface area (Å²) in [5.74, 6) is 0.547. The van der Waals surface area contributed by atoms with Crippen molar-refractivity contribution < 1.29 is 9.53 Å². The minimum atomic E-state index is -0.487. The fourth-order valence-corrected chi connectivity index (χ4v) is 3.82. The predicted octanol–water partition coefficient (Wildman–Crippen LogP) is 5.85. The zero-order valence-corrected chi connectivity index (χ0v) is 16.4. The minimum absolute atomic E-state index is 0.192. The summed E-state index contributed by atoms with van der Waals surface area (Å²) in [5.41, 5.74) is 1.99. The molecule has 138 valence electrons. The number of rotatable bonds is 2. The van der Waals surface area contributed by atoms with Gasteiger partial charge in [0, 0.05) is 24.0 Å². The Morgan fingerprint density at radius 3 is 2.38 bits per heavy atom. The first kappa shape index (κ1) is 18.8. The van der Waals surface area contributed by atoms with Crippen molar-refractivity contribution in [1.29, 1.82) is 0 Å². The third-order valence-electron chi connectivity index (χ3n) is 4.77. The highest BCUT2D eigenvalue weighted by Gasteiger charge is 2.35. The number of piperidine rings is 1. The molecule has 0 unspecified atom stereocenters. The Labute approximate surface area is 160 Å². The molecule has 2 aromatic rings. The lowest BCUT2D eigenvalue weighted by Crippen LogP contribution is -2.44. The Balaban J connectivity index is 1.88. The highest BCUT2D eigenvalue weighted by molar-refractivity contribution is 6.30. The number of hydrogen-bond acceptors (Lipinski definition) is 2. The molecule has 0 aromatic heterocycles. The molecule has 3 rings (SSSR count). The maximum Gasteiger partial charge on any atom is 0.410 e. The number of halogens is 1. The van der Waals surface area contributed by atoms with Crippen LogP contribution < -0.4 is 0 Å². The Hall–Kier alpha value is -2.00. The van der Waals surface area contributed by atoms with Crippen molar-refractivity contribution >= 4 is 17.7 Å². The lowest BCUT2D eigenvalue weighted by molar-refractivity contribution is 0.0184. The summed E-state index contributed by atoms with van der Waals surface area (Å²) in [4.78, 5) is 14.4. The first-order valence-electron chi connectivity index (χ1n) is 9.12. The fourth-order valence-electron chi connectivity index (χ4n) is 3.62. The normalized spacial score (nSPS) is 20.7. The highest BCUT2D eigenvalue weighted by atomic mass is 35.5. The largest absolute Gasteiger partial charge is 0.444 e. The number of amides is 1. The summed E-state index contributed by atoms with van der Waals surface area (Å²) in [6.45, 7) is 7.03. The molecule has 0 radical (unpaired) electrons. The van der Waals surface area contributed by atoms with Gasteiger partial charge in [-0.05, 0) is 56.4 Å². The van der Waals surface area contributed by atoms with Crippen LogP contribution in [0.4, 0.5) is 4.79 Å². The number of nitrogens with zero attached hydrogens (tertiary/aromatic N) is 1. The third kappa shape index (κ3) is 4.59. The molecule has 4 heteroatoms. The third-order valence-corrected chi connectivity index (χ3v) is 5.00. The van der Waals surface area contributed by atoms with Gasteiger partial charge in [0.15, 0.2) is 0 Å². The Morgan fingerprint density at radius 1 is 1.04 bits per heavy atom. The van der Waals surface area contributed by atoms with Crippen LogP contribution in [0, 0.1) is 0 Å². The van der Waals surface area contributed by atoms with Crippen LogP contribution in [0.15, 0.2) is 54.6 Å². The van der Waals surface area contributed by atoms with Crippen molar-refractivity contribution in [3.05, 3.63) is 70.7 Å². The van der Waals surface area contributed by atoms with Crippen LogP contribution in [0.3, 0.4) is 0 Å². The molecule has 1 aliphatic rings. The van der Waals surface area contributed by atoms with Crippen molar-refractivity contribution in [3.8, 4) is 0 Å².